The van der Waals surface area contributed by atoms with Crippen molar-refractivity contribution < 1.29 is 19.1 Å². The second-order valence-corrected chi connectivity index (χ2v) is 7.58. The predicted molar refractivity (Wildman–Crippen MR) is 116 cm³/mol. The van der Waals surface area contributed by atoms with E-state index in [4.69, 9.17) is 11.6 Å². The highest BCUT2D eigenvalue weighted by atomic mass is 35.5. The summed E-state index contributed by atoms with van der Waals surface area (Å²) in [5.74, 6) is -1.00. The molecule has 0 saturated carbocycles. The van der Waals surface area contributed by atoms with Crippen molar-refractivity contribution in [1.82, 2.24) is 4.57 Å². The van der Waals surface area contributed by atoms with Crippen molar-refractivity contribution in [1.29, 1.82) is 0 Å². The Morgan fingerprint density at radius 1 is 1.38 bits per heavy atom. The number of ketones is 1. The summed E-state index contributed by atoms with van der Waals surface area (Å²) in [6, 6.07) is 2.76. The van der Waals surface area contributed by atoms with E-state index in [0.29, 0.717) is 24.4 Å². The Kier molecular flexibility index (Phi) is 7.80. The fourth-order valence-electron chi connectivity index (χ4n) is 3.91. The fourth-order valence-corrected chi connectivity index (χ4v) is 3.91. The summed E-state index contributed by atoms with van der Waals surface area (Å²) in [7, 11) is 0. The quantitative estimate of drug-likeness (QED) is 0.362. The maximum absolute atomic E-state index is 14.1. The minimum atomic E-state index is -0.838. The SMILES string of the molecule is C/C=C(\C)Cn1c2c(c3cc(F)cc(C(C)=O)c31)CC[C@@H]2CC(=O)O.C=CCCl. The maximum atomic E-state index is 14.1. The monoisotopic (exact) mass is 419 g/mol. The Morgan fingerprint density at radius 2 is 2.03 bits per heavy atom. The molecule has 1 aliphatic carbocycles. The summed E-state index contributed by atoms with van der Waals surface area (Å²) >= 11 is 5.07. The topological polar surface area (TPSA) is 59.3 Å². The first kappa shape index (κ1) is 22.9. The molecule has 3 rings (SSSR count). The van der Waals surface area contributed by atoms with Crippen molar-refractivity contribution in [3.05, 3.63) is 59.1 Å². The van der Waals surface area contributed by atoms with E-state index >= 15 is 0 Å². The average Bonchev–Trinajstić information content (AvgIpc) is 3.20. The molecule has 1 aromatic carbocycles. The Morgan fingerprint density at radius 3 is 2.55 bits per heavy atom. The van der Waals surface area contributed by atoms with Crippen LogP contribution in [0.4, 0.5) is 4.39 Å². The van der Waals surface area contributed by atoms with Crippen LogP contribution in [0, 0.1) is 5.82 Å². The minimum Gasteiger partial charge on any atom is -0.481 e. The van der Waals surface area contributed by atoms with Crippen LogP contribution >= 0.6 is 11.6 Å². The van der Waals surface area contributed by atoms with Gasteiger partial charge in [0.05, 0.1) is 11.9 Å². The highest BCUT2D eigenvalue weighted by Crippen LogP contribution is 2.43. The number of benzene rings is 1. The molecule has 1 N–H and O–H groups in total. The lowest BCUT2D eigenvalue weighted by molar-refractivity contribution is -0.137. The number of carboxylic acids is 1. The smallest absolute Gasteiger partial charge is 0.304 e. The van der Waals surface area contributed by atoms with Crippen LogP contribution in [0.1, 0.15) is 61.1 Å². The Hall–Kier alpha value is -2.40. The van der Waals surface area contributed by atoms with E-state index in [2.05, 4.69) is 6.58 Å². The zero-order valence-electron chi connectivity index (χ0n) is 17.1. The van der Waals surface area contributed by atoms with Crippen molar-refractivity contribution in [2.75, 3.05) is 5.88 Å². The number of allylic oxidation sites excluding steroid dienone is 3. The Bertz CT molecular complexity index is 974. The molecule has 0 spiro atoms. The van der Waals surface area contributed by atoms with Gasteiger partial charge in [-0.2, -0.15) is 0 Å². The number of Topliss-reactive ketones (excluding diaryl/α,β-unsaturated/α-hetero) is 1. The highest BCUT2D eigenvalue weighted by Gasteiger charge is 2.32. The zero-order valence-corrected chi connectivity index (χ0v) is 17.9. The molecule has 2 aromatic rings. The van der Waals surface area contributed by atoms with Crippen molar-refractivity contribution in [2.24, 2.45) is 0 Å². The number of alkyl halides is 1. The molecule has 0 unspecified atom stereocenters. The molecule has 4 nitrogen and oxygen atoms in total. The number of rotatable bonds is 6. The molecule has 156 valence electrons. The predicted octanol–water partition coefficient (Wildman–Crippen LogP) is 5.86. The molecule has 1 heterocycles. The van der Waals surface area contributed by atoms with Crippen LogP contribution in [-0.4, -0.2) is 27.3 Å². The normalized spacial score (nSPS) is 15.6. The fraction of sp³-hybridized carbons (Fsp3) is 0.391. The van der Waals surface area contributed by atoms with Gasteiger partial charge in [-0.15, -0.1) is 18.2 Å². The van der Waals surface area contributed by atoms with Crippen LogP contribution in [0.2, 0.25) is 0 Å². The van der Waals surface area contributed by atoms with Gasteiger partial charge in [-0.1, -0.05) is 17.7 Å². The molecule has 0 radical (unpaired) electrons. The number of aromatic nitrogens is 1. The summed E-state index contributed by atoms with van der Waals surface area (Å²) in [6.07, 6.45) is 5.15. The van der Waals surface area contributed by atoms with Crippen LogP contribution in [0.25, 0.3) is 10.9 Å². The van der Waals surface area contributed by atoms with Crippen LogP contribution in [-0.2, 0) is 17.8 Å². The number of aliphatic carboxylic acids is 1. The molecule has 0 aliphatic heterocycles. The second-order valence-electron chi connectivity index (χ2n) is 7.27. The third-order valence-corrected chi connectivity index (χ3v) is 5.43. The summed E-state index contributed by atoms with van der Waals surface area (Å²) in [6.45, 7) is 9.30. The van der Waals surface area contributed by atoms with Gasteiger partial charge in [0, 0.05) is 35.0 Å². The molecular weight excluding hydrogens is 393 g/mol. The number of carbonyl (C=O) groups excluding carboxylic acids is 1. The summed E-state index contributed by atoms with van der Waals surface area (Å²) < 4.78 is 16.1. The van der Waals surface area contributed by atoms with Crippen LogP contribution in [0.5, 0.6) is 0 Å². The highest BCUT2D eigenvalue weighted by molar-refractivity contribution is 6.18. The molecule has 0 amide bonds. The number of carboxylic acid groups (broad SMARTS) is 1. The van der Waals surface area contributed by atoms with Crippen LogP contribution < -0.4 is 0 Å². The largest absolute Gasteiger partial charge is 0.481 e. The van der Waals surface area contributed by atoms with E-state index in [-0.39, 0.29) is 18.1 Å². The lowest BCUT2D eigenvalue weighted by Gasteiger charge is -2.16. The molecule has 6 heteroatoms. The van der Waals surface area contributed by atoms with Gasteiger partial charge in [0.25, 0.3) is 0 Å². The Balaban J connectivity index is 0.000000687. The van der Waals surface area contributed by atoms with E-state index in [1.807, 2.05) is 24.5 Å². The summed E-state index contributed by atoms with van der Waals surface area (Å²) in [4.78, 5) is 23.4. The minimum absolute atomic E-state index is 0.0517. The molecule has 29 heavy (non-hydrogen) atoms. The second kappa shape index (κ2) is 9.88. The van der Waals surface area contributed by atoms with Crippen molar-refractivity contribution >= 4 is 34.3 Å². The lowest BCUT2D eigenvalue weighted by atomic mass is 10.0. The first-order valence-electron chi connectivity index (χ1n) is 9.60. The van der Waals surface area contributed by atoms with Gasteiger partial charge < -0.3 is 9.67 Å². The zero-order chi connectivity index (χ0) is 21.7. The lowest BCUT2D eigenvalue weighted by Crippen LogP contribution is -2.12. The van der Waals surface area contributed by atoms with Gasteiger partial charge in [0.1, 0.15) is 5.82 Å². The number of fused-ring (bicyclic) bond motifs is 3. The number of hydrogen-bond donors (Lipinski definition) is 1. The number of hydrogen-bond acceptors (Lipinski definition) is 2. The molecule has 1 aliphatic rings. The molecular formula is C23H27ClFNO3. The van der Waals surface area contributed by atoms with E-state index < -0.39 is 11.8 Å². The third-order valence-electron chi connectivity index (χ3n) is 5.21. The van der Waals surface area contributed by atoms with Gasteiger partial charge in [0.15, 0.2) is 5.78 Å². The van der Waals surface area contributed by atoms with Gasteiger partial charge in [-0.3, -0.25) is 9.59 Å². The van der Waals surface area contributed by atoms with E-state index in [1.54, 1.807) is 6.08 Å². The number of nitrogens with zero attached hydrogens (tertiary/aromatic N) is 1. The summed E-state index contributed by atoms with van der Waals surface area (Å²) in [5, 5.41) is 9.99. The van der Waals surface area contributed by atoms with E-state index in [0.717, 1.165) is 34.2 Å². The van der Waals surface area contributed by atoms with Crippen molar-refractivity contribution in [3.63, 3.8) is 0 Å². The van der Waals surface area contributed by atoms with Gasteiger partial charge >= 0.3 is 5.97 Å². The number of aryl methyl sites for hydroxylation is 1. The standard InChI is InChI=1S/C20H22FNO3.C3H5Cl/c1-4-11(2)10-22-19-13(7-18(24)25)5-6-15(19)17-9-14(21)8-16(12(3)23)20(17)22;1-2-3-4/h4,8-9,13H,5-7,10H2,1-3H3,(H,24,25);2H,1,3H2/b11-4+;/t13-;/m1./s1. The molecule has 0 fully saturated rings. The van der Waals surface area contributed by atoms with Gasteiger partial charge in [-0.25, -0.2) is 4.39 Å². The first-order chi connectivity index (χ1) is 13.7. The molecule has 1 aromatic heterocycles. The molecule has 0 saturated heterocycles. The van der Waals surface area contributed by atoms with E-state index in [9.17, 15) is 19.1 Å². The van der Waals surface area contributed by atoms with Crippen molar-refractivity contribution in [2.45, 2.75) is 52.5 Å². The molecule has 0 bridgehead atoms. The Labute approximate surface area is 175 Å². The van der Waals surface area contributed by atoms with Gasteiger partial charge in [0.2, 0.25) is 0 Å². The molecule has 1 atom stereocenters. The average molecular weight is 420 g/mol. The van der Waals surface area contributed by atoms with Crippen molar-refractivity contribution in [3.8, 4) is 0 Å². The first-order valence-corrected chi connectivity index (χ1v) is 10.1. The summed E-state index contributed by atoms with van der Waals surface area (Å²) in [5.41, 5.74) is 4.15. The van der Waals surface area contributed by atoms with Crippen LogP contribution in [0.3, 0.4) is 0 Å². The van der Waals surface area contributed by atoms with Gasteiger partial charge in [-0.05, 0) is 51.3 Å². The van der Waals surface area contributed by atoms with E-state index in [1.165, 1.54) is 19.1 Å². The number of carbonyl (C=O) groups is 2. The van der Waals surface area contributed by atoms with Crippen LogP contribution in [0.15, 0.2) is 36.4 Å². The maximum Gasteiger partial charge on any atom is 0.304 e. The number of halogens is 2. The third kappa shape index (κ3) is 4.96.